The van der Waals surface area contributed by atoms with Gasteiger partial charge in [-0.1, -0.05) is 41.9 Å². The quantitative estimate of drug-likeness (QED) is 0.205. The average Bonchev–Trinajstić information content (AvgIpc) is 3.17. The Morgan fingerprint density at radius 2 is 1.83 bits per heavy atom. The van der Waals surface area contributed by atoms with Crippen molar-refractivity contribution in [1.29, 1.82) is 0 Å². The molecular weight excluding hydrogens is 597 g/mol. The number of hydrogen-bond donors (Lipinski definition) is 4. The number of nitrogens with one attached hydrogen (secondary N) is 2. The fourth-order valence-electron chi connectivity index (χ4n) is 3.76. The van der Waals surface area contributed by atoms with E-state index in [1.807, 2.05) is 30.3 Å². The van der Waals surface area contributed by atoms with Crippen molar-refractivity contribution in [3.8, 4) is 22.9 Å². The van der Waals surface area contributed by atoms with Crippen molar-refractivity contribution < 1.29 is 19.7 Å². The van der Waals surface area contributed by atoms with E-state index in [2.05, 4.69) is 32.9 Å². The number of rotatable bonds is 9. The second-order valence-corrected chi connectivity index (χ2v) is 9.57. The molecule has 0 aliphatic heterocycles. The van der Waals surface area contributed by atoms with Crippen LogP contribution < -0.4 is 15.7 Å². The van der Waals surface area contributed by atoms with Crippen molar-refractivity contribution in [3.63, 3.8) is 0 Å². The Hall–Kier alpha value is -3.28. The lowest BCUT2D eigenvalue weighted by Gasteiger charge is -2.19. The summed E-state index contributed by atoms with van der Waals surface area (Å²) >= 11 is 8.43. The zero-order valence-corrected chi connectivity index (χ0v) is 21.9. The van der Waals surface area contributed by atoms with E-state index in [9.17, 15) is 14.7 Å². The summed E-state index contributed by atoms with van der Waals surface area (Å²) in [4.78, 5) is 29.2. The van der Waals surface area contributed by atoms with Crippen LogP contribution in [-0.2, 0) is 11.2 Å². The van der Waals surface area contributed by atoms with Gasteiger partial charge in [0, 0.05) is 15.6 Å². The lowest BCUT2D eigenvalue weighted by atomic mass is 10.0. The topological polar surface area (TPSA) is 117 Å². The minimum Gasteiger partial charge on any atom is -0.493 e. The van der Waals surface area contributed by atoms with Crippen LogP contribution in [0.1, 0.15) is 11.6 Å². The van der Waals surface area contributed by atoms with Crippen molar-refractivity contribution in [2.75, 3.05) is 18.5 Å². The van der Waals surface area contributed by atoms with Gasteiger partial charge in [0.1, 0.15) is 24.1 Å². The number of carbonyl (C=O) groups excluding carboxylic acids is 1. The number of anilines is 1. The lowest BCUT2D eigenvalue weighted by molar-refractivity contribution is -0.119. The molecule has 0 fully saturated rings. The summed E-state index contributed by atoms with van der Waals surface area (Å²) in [6, 6.07) is 20.0. The standard InChI is InChI=1S/C26H23ClIN3O5/c27-20-15-18(28)8-11-21(20)29-24(33)22(14-16-4-2-1-3-5-16)31-25(34)23(30-26(31)35)17-6-9-19(10-7-17)36-13-12-32/h1-11,15,22,32,34H,12-14H2,(H,29,33)(H,30,35)/t22-/m0/s1. The van der Waals surface area contributed by atoms with E-state index in [1.165, 1.54) is 0 Å². The summed E-state index contributed by atoms with van der Waals surface area (Å²) in [6.07, 6.45) is 0.160. The summed E-state index contributed by atoms with van der Waals surface area (Å²) in [6.45, 7) is 0.0374. The molecule has 4 rings (SSSR count). The second-order valence-electron chi connectivity index (χ2n) is 7.91. The van der Waals surface area contributed by atoms with Crippen LogP contribution in [0.15, 0.2) is 77.6 Å². The van der Waals surface area contributed by atoms with Crippen LogP contribution in [-0.4, -0.2) is 38.9 Å². The first-order chi connectivity index (χ1) is 17.4. The number of ether oxygens (including phenoxy) is 1. The van der Waals surface area contributed by atoms with E-state index in [1.54, 1.807) is 42.5 Å². The first kappa shape index (κ1) is 25.8. The highest BCUT2D eigenvalue weighted by molar-refractivity contribution is 14.1. The molecule has 8 nitrogen and oxygen atoms in total. The van der Waals surface area contributed by atoms with Crippen molar-refractivity contribution in [2.45, 2.75) is 12.5 Å². The highest BCUT2D eigenvalue weighted by atomic mass is 127. The molecule has 0 bridgehead atoms. The van der Waals surface area contributed by atoms with Crippen LogP contribution in [0, 0.1) is 3.57 Å². The SMILES string of the molecule is O=C(Nc1ccc(I)cc1Cl)[C@H](Cc1ccccc1)n1c(O)c(-c2ccc(OCCO)cc2)[nH]c1=O. The van der Waals surface area contributed by atoms with E-state index in [-0.39, 0.29) is 31.2 Å². The van der Waals surface area contributed by atoms with Crippen LogP contribution in [0.4, 0.5) is 5.69 Å². The van der Waals surface area contributed by atoms with Gasteiger partial charge in [-0.15, -0.1) is 0 Å². The highest BCUT2D eigenvalue weighted by Gasteiger charge is 2.28. The summed E-state index contributed by atoms with van der Waals surface area (Å²) in [5.74, 6) is -0.337. The molecule has 4 aromatic rings. The normalized spacial score (nSPS) is 11.8. The molecule has 0 saturated carbocycles. The van der Waals surface area contributed by atoms with Crippen molar-refractivity contribution in [2.24, 2.45) is 0 Å². The van der Waals surface area contributed by atoms with Gasteiger partial charge in [-0.2, -0.15) is 0 Å². The number of benzene rings is 3. The second kappa shape index (κ2) is 11.6. The van der Waals surface area contributed by atoms with Crippen LogP contribution >= 0.6 is 34.2 Å². The van der Waals surface area contributed by atoms with Gasteiger partial charge in [0.2, 0.25) is 11.8 Å². The van der Waals surface area contributed by atoms with E-state index in [4.69, 9.17) is 21.4 Å². The highest BCUT2D eigenvalue weighted by Crippen LogP contribution is 2.32. The third kappa shape index (κ3) is 5.92. The third-order valence-electron chi connectivity index (χ3n) is 5.48. The van der Waals surface area contributed by atoms with Gasteiger partial charge in [-0.25, -0.2) is 9.36 Å². The number of nitrogens with zero attached hydrogens (tertiary/aromatic N) is 1. The average molecular weight is 620 g/mol. The minimum atomic E-state index is -1.06. The Bertz CT molecular complexity index is 1400. The van der Waals surface area contributed by atoms with Gasteiger partial charge in [-0.3, -0.25) is 4.79 Å². The number of hydrogen-bond acceptors (Lipinski definition) is 5. The Morgan fingerprint density at radius 1 is 1.11 bits per heavy atom. The Labute approximate surface area is 225 Å². The van der Waals surface area contributed by atoms with Gasteiger partial charge in [0.05, 0.1) is 17.3 Å². The fourth-order valence-corrected chi connectivity index (χ4v) is 4.66. The molecule has 4 N–H and O–H groups in total. The number of aromatic hydroxyl groups is 1. The van der Waals surface area contributed by atoms with Crippen LogP contribution in [0.2, 0.25) is 5.02 Å². The number of aliphatic hydroxyl groups excluding tert-OH is 1. The van der Waals surface area contributed by atoms with Crippen molar-refractivity contribution in [3.05, 3.63) is 97.4 Å². The zero-order chi connectivity index (χ0) is 25.7. The van der Waals surface area contributed by atoms with Crippen LogP contribution in [0.5, 0.6) is 11.6 Å². The zero-order valence-electron chi connectivity index (χ0n) is 18.9. The molecule has 1 aromatic heterocycles. The Morgan fingerprint density at radius 3 is 2.50 bits per heavy atom. The molecule has 3 aromatic carbocycles. The maximum absolute atomic E-state index is 13.5. The first-order valence-electron chi connectivity index (χ1n) is 11.0. The maximum Gasteiger partial charge on any atom is 0.329 e. The molecule has 1 atom stereocenters. The molecule has 10 heteroatoms. The molecule has 0 radical (unpaired) electrons. The molecule has 0 aliphatic rings. The number of aromatic nitrogens is 2. The Balaban J connectivity index is 1.70. The van der Waals surface area contributed by atoms with Crippen LogP contribution in [0.25, 0.3) is 11.3 Å². The van der Waals surface area contributed by atoms with E-state index >= 15 is 0 Å². The third-order valence-corrected chi connectivity index (χ3v) is 6.46. The number of amides is 1. The number of aliphatic hydroxyl groups is 1. The molecule has 0 unspecified atom stereocenters. The smallest absolute Gasteiger partial charge is 0.329 e. The summed E-state index contributed by atoms with van der Waals surface area (Å²) in [5.41, 5.74) is 1.28. The van der Waals surface area contributed by atoms with Gasteiger partial charge < -0.3 is 25.3 Å². The van der Waals surface area contributed by atoms with Crippen LogP contribution in [0.3, 0.4) is 0 Å². The Kier molecular flexibility index (Phi) is 8.34. The number of carbonyl (C=O) groups is 1. The number of H-pyrrole nitrogens is 1. The summed E-state index contributed by atoms with van der Waals surface area (Å²) < 4.78 is 7.32. The molecule has 186 valence electrons. The van der Waals surface area contributed by atoms with Gasteiger partial charge >= 0.3 is 5.69 Å². The van der Waals surface area contributed by atoms with E-state index < -0.39 is 17.6 Å². The van der Waals surface area contributed by atoms with E-state index in [0.29, 0.717) is 22.0 Å². The number of aromatic amines is 1. The van der Waals surface area contributed by atoms with E-state index in [0.717, 1.165) is 13.7 Å². The maximum atomic E-state index is 13.5. The molecular formula is C26H23ClIN3O5. The molecule has 36 heavy (non-hydrogen) atoms. The molecule has 1 amide bonds. The number of imidazole rings is 1. The van der Waals surface area contributed by atoms with Gasteiger partial charge in [0.15, 0.2) is 0 Å². The largest absolute Gasteiger partial charge is 0.493 e. The number of halogens is 2. The van der Waals surface area contributed by atoms with Crippen molar-refractivity contribution in [1.82, 2.24) is 9.55 Å². The summed E-state index contributed by atoms with van der Waals surface area (Å²) in [5, 5.41) is 23.2. The van der Waals surface area contributed by atoms with Gasteiger partial charge in [0.25, 0.3) is 0 Å². The summed E-state index contributed by atoms with van der Waals surface area (Å²) in [7, 11) is 0. The lowest BCUT2D eigenvalue weighted by Crippen LogP contribution is -2.33. The monoisotopic (exact) mass is 619 g/mol. The predicted octanol–water partition coefficient (Wildman–Crippen LogP) is 4.60. The van der Waals surface area contributed by atoms with Crippen molar-refractivity contribution >= 4 is 45.8 Å². The molecule has 0 saturated heterocycles. The minimum absolute atomic E-state index is 0.114. The fraction of sp³-hybridized carbons (Fsp3) is 0.154. The predicted molar refractivity (Wildman–Crippen MR) is 147 cm³/mol. The van der Waals surface area contributed by atoms with Gasteiger partial charge in [-0.05, 0) is 70.6 Å². The molecule has 0 aliphatic carbocycles. The first-order valence-corrected chi connectivity index (χ1v) is 12.5. The molecule has 1 heterocycles. The molecule has 0 spiro atoms.